The summed E-state index contributed by atoms with van der Waals surface area (Å²) in [5.74, 6) is -0.309. The summed E-state index contributed by atoms with van der Waals surface area (Å²) in [7, 11) is 1.63. The zero-order valence-electron chi connectivity index (χ0n) is 11.2. The van der Waals surface area contributed by atoms with E-state index in [0.29, 0.717) is 5.56 Å². The van der Waals surface area contributed by atoms with Crippen LogP contribution in [0, 0.1) is 0 Å². The van der Waals surface area contributed by atoms with Crippen LogP contribution in [0.4, 0.5) is 0 Å². The molecular weight excluding hydrogens is 244 g/mol. The van der Waals surface area contributed by atoms with Crippen LogP contribution in [-0.2, 0) is 7.05 Å². The molecule has 1 aliphatic carbocycles. The zero-order valence-corrected chi connectivity index (χ0v) is 11.2. The van der Waals surface area contributed by atoms with Crippen LogP contribution >= 0.6 is 0 Å². The number of aryl methyl sites for hydroxylation is 1. The molecule has 0 saturated heterocycles. The molecule has 0 atom stereocenters. The van der Waals surface area contributed by atoms with Crippen molar-refractivity contribution in [3.05, 3.63) is 34.2 Å². The van der Waals surface area contributed by atoms with E-state index in [1.54, 1.807) is 19.3 Å². The van der Waals surface area contributed by atoms with Gasteiger partial charge < -0.3 is 15.0 Å². The van der Waals surface area contributed by atoms with Gasteiger partial charge in [0, 0.05) is 31.4 Å². The number of nitrogens with one attached hydrogen (secondary N) is 1. The smallest absolute Gasteiger partial charge is 0.251 e. The lowest BCUT2D eigenvalue weighted by molar-refractivity contribution is 0.00525. The Balaban J connectivity index is 1.97. The molecule has 19 heavy (non-hydrogen) atoms. The maximum atomic E-state index is 11.9. The second-order valence-corrected chi connectivity index (χ2v) is 5.33. The molecule has 0 radical (unpaired) electrons. The number of carbonyl (C=O) groups excluding carboxylic acids is 1. The molecule has 1 saturated carbocycles. The minimum absolute atomic E-state index is 0.218. The second kappa shape index (κ2) is 5.57. The van der Waals surface area contributed by atoms with E-state index in [2.05, 4.69) is 5.32 Å². The van der Waals surface area contributed by atoms with Crippen LogP contribution in [0.5, 0.6) is 0 Å². The zero-order chi connectivity index (χ0) is 13.9. The van der Waals surface area contributed by atoms with Gasteiger partial charge in [0.15, 0.2) is 0 Å². The van der Waals surface area contributed by atoms with Gasteiger partial charge in [-0.25, -0.2) is 0 Å². The number of hydrogen-bond acceptors (Lipinski definition) is 3. The van der Waals surface area contributed by atoms with E-state index in [1.807, 2.05) is 0 Å². The maximum Gasteiger partial charge on any atom is 0.251 e. The lowest BCUT2D eigenvalue weighted by Crippen LogP contribution is -2.44. The summed E-state index contributed by atoms with van der Waals surface area (Å²) < 4.78 is 1.41. The lowest BCUT2D eigenvalue weighted by Gasteiger charge is -2.32. The van der Waals surface area contributed by atoms with E-state index in [-0.39, 0.29) is 18.0 Å². The number of amides is 1. The third-order valence-electron chi connectivity index (χ3n) is 3.73. The van der Waals surface area contributed by atoms with Gasteiger partial charge in [0.1, 0.15) is 0 Å². The van der Waals surface area contributed by atoms with E-state index >= 15 is 0 Å². The minimum Gasteiger partial charge on any atom is -0.388 e. The van der Waals surface area contributed by atoms with Crippen molar-refractivity contribution < 1.29 is 9.90 Å². The van der Waals surface area contributed by atoms with Crippen molar-refractivity contribution in [2.75, 3.05) is 6.54 Å². The highest BCUT2D eigenvalue weighted by molar-refractivity contribution is 5.94. The molecule has 0 bridgehead atoms. The van der Waals surface area contributed by atoms with Gasteiger partial charge >= 0.3 is 0 Å². The molecule has 1 amide bonds. The fourth-order valence-electron chi connectivity index (χ4n) is 2.42. The number of hydrogen-bond donors (Lipinski definition) is 2. The van der Waals surface area contributed by atoms with Crippen LogP contribution in [0.3, 0.4) is 0 Å². The van der Waals surface area contributed by atoms with Crippen molar-refractivity contribution in [3.8, 4) is 0 Å². The molecule has 1 aromatic rings. The van der Waals surface area contributed by atoms with Gasteiger partial charge in [-0.15, -0.1) is 0 Å². The van der Waals surface area contributed by atoms with Crippen molar-refractivity contribution in [2.45, 2.75) is 37.7 Å². The fraction of sp³-hybridized carbons (Fsp3) is 0.571. The van der Waals surface area contributed by atoms with Crippen LogP contribution in [0.15, 0.2) is 23.1 Å². The predicted octanol–water partition coefficient (Wildman–Crippen LogP) is 0.810. The molecule has 2 N–H and O–H groups in total. The summed E-state index contributed by atoms with van der Waals surface area (Å²) in [6.45, 7) is 0.251. The van der Waals surface area contributed by atoms with Gasteiger partial charge in [-0.2, -0.15) is 0 Å². The fourth-order valence-corrected chi connectivity index (χ4v) is 2.42. The molecule has 5 nitrogen and oxygen atoms in total. The Kier molecular flexibility index (Phi) is 4.04. The van der Waals surface area contributed by atoms with Gasteiger partial charge in [0.25, 0.3) is 11.5 Å². The Morgan fingerprint density at radius 2 is 2.11 bits per heavy atom. The number of rotatable bonds is 3. The van der Waals surface area contributed by atoms with E-state index in [0.717, 1.165) is 32.1 Å². The SMILES string of the molecule is Cn1ccc(C(=O)NCC2(O)CCCCC2)cc1=O. The van der Waals surface area contributed by atoms with Crippen molar-refractivity contribution in [1.82, 2.24) is 9.88 Å². The van der Waals surface area contributed by atoms with Gasteiger partial charge in [-0.05, 0) is 18.9 Å². The number of carbonyl (C=O) groups is 1. The van der Waals surface area contributed by atoms with Crippen molar-refractivity contribution >= 4 is 5.91 Å². The number of aliphatic hydroxyl groups is 1. The summed E-state index contributed by atoms with van der Waals surface area (Å²) in [6.07, 6.45) is 6.15. The van der Waals surface area contributed by atoms with E-state index in [1.165, 1.54) is 10.6 Å². The monoisotopic (exact) mass is 264 g/mol. The Morgan fingerprint density at radius 3 is 2.74 bits per heavy atom. The summed E-state index contributed by atoms with van der Waals surface area (Å²) in [5, 5.41) is 13.0. The third-order valence-corrected chi connectivity index (χ3v) is 3.73. The molecule has 1 fully saturated rings. The Labute approximate surface area is 112 Å². The largest absolute Gasteiger partial charge is 0.388 e. The summed E-state index contributed by atoms with van der Waals surface area (Å²) in [4.78, 5) is 23.4. The van der Waals surface area contributed by atoms with Gasteiger partial charge in [-0.1, -0.05) is 19.3 Å². The molecule has 104 valence electrons. The van der Waals surface area contributed by atoms with E-state index in [4.69, 9.17) is 0 Å². The molecule has 0 aliphatic heterocycles. The highest BCUT2D eigenvalue weighted by Crippen LogP contribution is 2.27. The number of aromatic nitrogens is 1. The van der Waals surface area contributed by atoms with Crippen molar-refractivity contribution in [1.29, 1.82) is 0 Å². The molecule has 1 aliphatic rings. The van der Waals surface area contributed by atoms with Crippen molar-refractivity contribution in [3.63, 3.8) is 0 Å². The summed E-state index contributed by atoms with van der Waals surface area (Å²) >= 11 is 0. The van der Waals surface area contributed by atoms with E-state index in [9.17, 15) is 14.7 Å². The first kappa shape index (κ1) is 13.8. The van der Waals surface area contributed by atoms with Crippen LogP contribution in [0.1, 0.15) is 42.5 Å². The lowest BCUT2D eigenvalue weighted by atomic mass is 9.85. The standard InChI is InChI=1S/C14H20N2O3/c1-16-8-5-11(9-12(16)17)13(18)15-10-14(19)6-3-2-4-7-14/h5,8-9,19H,2-4,6-7,10H2,1H3,(H,15,18). The first-order valence-electron chi connectivity index (χ1n) is 6.67. The first-order chi connectivity index (χ1) is 9.00. The molecule has 2 rings (SSSR count). The Bertz CT molecular complexity index is 516. The van der Waals surface area contributed by atoms with Gasteiger partial charge in [-0.3, -0.25) is 9.59 Å². The number of nitrogens with zero attached hydrogens (tertiary/aromatic N) is 1. The maximum absolute atomic E-state index is 11.9. The molecule has 0 aromatic carbocycles. The highest BCUT2D eigenvalue weighted by atomic mass is 16.3. The molecule has 1 heterocycles. The average molecular weight is 264 g/mol. The topological polar surface area (TPSA) is 71.3 Å². The quantitative estimate of drug-likeness (QED) is 0.848. The highest BCUT2D eigenvalue weighted by Gasteiger charge is 2.29. The van der Waals surface area contributed by atoms with Gasteiger partial charge in [0.05, 0.1) is 5.60 Å². The third kappa shape index (κ3) is 3.44. The summed E-state index contributed by atoms with van der Waals surface area (Å²) in [5.41, 5.74) is -0.667. The van der Waals surface area contributed by atoms with Crippen LogP contribution in [0.25, 0.3) is 0 Å². The molecule has 0 spiro atoms. The molecule has 1 aromatic heterocycles. The Morgan fingerprint density at radius 1 is 1.42 bits per heavy atom. The minimum atomic E-state index is -0.784. The normalized spacial score (nSPS) is 18.0. The molecule has 5 heteroatoms. The molecular formula is C14H20N2O3. The van der Waals surface area contributed by atoms with Crippen molar-refractivity contribution in [2.24, 2.45) is 7.05 Å². The van der Waals surface area contributed by atoms with Crippen LogP contribution < -0.4 is 10.9 Å². The predicted molar refractivity (Wildman–Crippen MR) is 72.1 cm³/mol. The van der Waals surface area contributed by atoms with Crippen LogP contribution in [-0.4, -0.2) is 27.7 Å². The molecule has 0 unspecified atom stereocenters. The Hall–Kier alpha value is -1.62. The number of pyridine rings is 1. The average Bonchev–Trinajstić information content (AvgIpc) is 2.40. The second-order valence-electron chi connectivity index (χ2n) is 5.33. The van der Waals surface area contributed by atoms with Gasteiger partial charge in [0.2, 0.25) is 0 Å². The summed E-state index contributed by atoms with van der Waals surface area (Å²) in [6, 6.07) is 2.90. The van der Waals surface area contributed by atoms with E-state index < -0.39 is 5.60 Å². The first-order valence-corrected chi connectivity index (χ1v) is 6.67. The van der Waals surface area contributed by atoms with Crippen LogP contribution in [0.2, 0.25) is 0 Å².